The standard InChI is InChI=1S/C13H23N3O2/c1-2-9-16(10-5-7-14-8-6-10)13(18)11-3-4-12(17)15-11/h10-11,14H,2-9H2,1H3,(H,15,17). The molecule has 2 aliphatic heterocycles. The van der Waals surface area contributed by atoms with E-state index in [9.17, 15) is 9.59 Å². The van der Waals surface area contributed by atoms with Crippen LogP contribution in [-0.4, -0.2) is 48.4 Å². The highest BCUT2D eigenvalue weighted by molar-refractivity contribution is 5.91. The van der Waals surface area contributed by atoms with Crippen LogP contribution in [0, 0.1) is 0 Å². The smallest absolute Gasteiger partial charge is 0.245 e. The molecule has 0 saturated carbocycles. The topological polar surface area (TPSA) is 61.4 Å². The first kappa shape index (κ1) is 13.3. The zero-order valence-electron chi connectivity index (χ0n) is 11.1. The first-order valence-corrected chi connectivity index (χ1v) is 7.03. The first-order chi connectivity index (χ1) is 8.72. The van der Waals surface area contributed by atoms with E-state index in [1.54, 1.807) is 0 Å². The molecule has 5 heteroatoms. The van der Waals surface area contributed by atoms with E-state index >= 15 is 0 Å². The van der Waals surface area contributed by atoms with Crippen molar-refractivity contribution in [2.45, 2.75) is 51.1 Å². The molecule has 0 aromatic heterocycles. The second-order valence-electron chi connectivity index (χ2n) is 5.17. The van der Waals surface area contributed by atoms with Crippen molar-refractivity contribution in [2.24, 2.45) is 0 Å². The Kier molecular flexibility index (Phi) is 4.58. The molecule has 0 aromatic carbocycles. The molecule has 0 spiro atoms. The summed E-state index contributed by atoms with van der Waals surface area (Å²) < 4.78 is 0. The number of rotatable bonds is 4. The molecule has 2 amide bonds. The fraction of sp³-hybridized carbons (Fsp3) is 0.846. The van der Waals surface area contributed by atoms with Crippen molar-refractivity contribution in [1.29, 1.82) is 0 Å². The van der Waals surface area contributed by atoms with Crippen LogP contribution >= 0.6 is 0 Å². The molecule has 1 unspecified atom stereocenters. The number of nitrogens with zero attached hydrogens (tertiary/aromatic N) is 1. The van der Waals surface area contributed by atoms with Gasteiger partial charge in [-0.25, -0.2) is 0 Å². The summed E-state index contributed by atoms with van der Waals surface area (Å²) in [6.45, 7) is 4.86. The van der Waals surface area contributed by atoms with Gasteiger partial charge in [0.15, 0.2) is 0 Å². The second-order valence-corrected chi connectivity index (χ2v) is 5.17. The Hall–Kier alpha value is -1.10. The third-order valence-electron chi connectivity index (χ3n) is 3.79. The summed E-state index contributed by atoms with van der Waals surface area (Å²) in [6, 6.07) is 0.0649. The average Bonchev–Trinajstić information content (AvgIpc) is 2.83. The fourth-order valence-electron chi connectivity index (χ4n) is 2.83. The van der Waals surface area contributed by atoms with Gasteiger partial charge in [0.2, 0.25) is 11.8 Å². The van der Waals surface area contributed by atoms with E-state index in [2.05, 4.69) is 17.6 Å². The quantitative estimate of drug-likeness (QED) is 0.755. The summed E-state index contributed by atoms with van der Waals surface area (Å²) in [5.74, 6) is 0.129. The van der Waals surface area contributed by atoms with Gasteiger partial charge >= 0.3 is 0 Å². The van der Waals surface area contributed by atoms with Gasteiger partial charge in [-0.3, -0.25) is 9.59 Å². The van der Waals surface area contributed by atoms with E-state index in [4.69, 9.17) is 0 Å². The van der Waals surface area contributed by atoms with Crippen molar-refractivity contribution in [3.63, 3.8) is 0 Å². The largest absolute Gasteiger partial charge is 0.344 e. The molecule has 2 saturated heterocycles. The lowest BCUT2D eigenvalue weighted by Crippen LogP contribution is -2.52. The van der Waals surface area contributed by atoms with Crippen LogP contribution in [0.4, 0.5) is 0 Å². The third-order valence-corrected chi connectivity index (χ3v) is 3.79. The Morgan fingerprint density at radius 1 is 1.33 bits per heavy atom. The van der Waals surface area contributed by atoms with Crippen molar-refractivity contribution < 1.29 is 9.59 Å². The molecule has 2 rings (SSSR count). The predicted octanol–water partition coefficient (Wildman–Crippen LogP) is 0.256. The van der Waals surface area contributed by atoms with Crippen molar-refractivity contribution in [2.75, 3.05) is 19.6 Å². The predicted molar refractivity (Wildman–Crippen MR) is 69.1 cm³/mol. The number of nitrogens with one attached hydrogen (secondary N) is 2. The van der Waals surface area contributed by atoms with Crippen LogP contribution in [0.3, 0.4) is 0 Å². The summed E-state index contributed by atoms with van der Waals surface area (Å²) in [6.07, 6.45) is 4.15. The number of carbonyl (C=O) groups excluding carboxylic acids is 2. The zero-order valence-corrected chi connectivity index (χ0v) is 11.1. The lowest BCUT2D eigenvalue weighted by molar-refractivity contribution is -0.137. The summed E-state index contributed by atoms with van der Waals surface area (Å²) >= 11 is 0. The zero-order chi connectivity index (χ0) is 13.0. The molecule has 2 N–H and O–H groups in total. The lowest BCUT2D eigenvalue weighted by atomic mass is 10.0. The van der Waals surface area contributed by atoms with Gasteiger partial charge in [0, 0.05) is 19.0 Å². The van der Waals surface area contributed by atoms with Crippen LogP contribution in [0.15, 0.2) is 0 Å². The SMILES string of the molecule is CCCN(C(=O)C1CCC(=O)N1)C1CCNCC1. The molecule has 0 aliphatic carbocycles. The Morgan fingerprint density at radius 3 is 2.61 bits per heavy atom. The molecule has 0 bridgehead atoms. The van der Waals surface area contributed by atoms with Crippen LogP contribution in [0.25, 0.3) is 0 Å². The van der Waals surface area contributed by atoms with Crippen molar-refractivity contribution >= 4 is 11.8 Å². The van der Waals surface area contributed by atoms with Gasteiger partial charge in [0.25, 0.3) is 0 Å². The van der Waals surface area contributed by atoms with E-state index in [0.717, 1.165) is 38.9 Å². The van der Waals surface area contributed by atoms with E-state index < -0.39 is 0 Å². The van der Waals surface area contributed by atoms with E-state index in [0.29, 0.717) is 18.9 Å². The van der Waals surface area contributed by atoms with Crippen molar-refractivity contribution in [3.8, 4) is 0 Å². The van der Waals surface area contributed by atoms with Crippen LogP contribution < -0.4 is 10.6 Å². The number of piperidine rings is 1. The molecule has 2 aliphatic rings. The average molecular weight is 253 g/mol. The summed E-state index contributed by atoms with van der Waals surface area (Å²) in [5, 5.41) is 6.11. The Balaban J connectivity index is 1.99. The Labute approximate surface area is 108 Å². The van der Waals surface area contributed by atoms with Gasteiger partial charge in [-0.1, -0.05) is 6.92 Å². The molecule has 1 atom stereocenters. The Bertz CT molecular complexity index is 313. The minimum absolute atomic E-state index is 0.00936. The molecular weight excluding hydrogens is 230 g/mol. The molecule has 0 aromatic rings. The normalized spacial score (nSPS) is 24.9. The maximum Gasteiger partial charge on any atom is 0.245 e. The van der Waals surface area contributed by atoms with Gasteiger partial charge in [0.05, 0.1) is 0 Å². The molecule has 18 heavy (non-hydrogen) atoms. The molecule has 102 valence electrons. The van der Waals surface area contributed by atoms with Crippen LogP contribution in [0.1, 0.15) is 39.0 Å². The Morgan fingerprint density at radius 2 is 2.06 bits per heavy atom. The van der Waals surface area contributed by atoms with Gasteiger partial charge in [0.1, 0.15) is 6.04 Å². The highest BCUT2D eigenvalue weighted by Gasteiger charge is 2.33. The van der Waals surface area contributed by atoms with E-state index in [1.807, 2.05) is 4.90 Å². The molecule has 5 nitrogen and oxygen atoms in total. The molecule has 2 fully saturated rings. The number of amides is 2. The summed E-state index contributed by atoms with van der Waals surface area (Å²) in [5.41, 5.74) is 0. The van der Waals surface area contributed by atoms with Gasteiger partial charge < -0.3 is 15.5 Å². The number of carbonyl (C=O) groups is 2. The maximum atomic E-state index is 12.5. The van der Waals surface area contributed by atoms with Gasteiger partial charge in [-0.05, 0) is 38.8 Å². The highest BCUT2D eigenvalue weighted by Crippen LogP contribution is 2.17. The van der Waals surface area contributed by atoms with Crippen LogP contribution in [0.5, 0.6) is 0 Å². The van der Waals surface area contributed by atoms with Crippen LogP contribution in [-0.2, 0) is 9.59 Å². The number of hydrogen-bond donors (Lipinski definition) is 2. The lowest BCUT2D eigenvalue weighted by Gasteiger charge is -2.36. The summed E-state index contributed by atoms with van der Waals surface area (Å²) in [4.78, 5) is 25.7. The van der Waals surface area contributed by atoms with Gasteiger partial charge in [-0.2, -0.15) is 0 Å². The van der Waals surface area contributed by atoms with E-state index in [-0.39, 0.29) is 17.9 Å². The molecular formula is C13H23N3O2. The maximum absolute atomic E-state index is 12.5. The minimum Gasteiger partial charge on any atom is -0.344 e. The molecule has 0 radical (unpaired) electrons. The fourth-order valence-corrected chi connectivity index (χ4v) is 2.83. The summed E-state index contributed by atoms with van der Waals surface area (Å²) in [7, 11) is 0. The number of hydrogen-bond acceptors (Lipinski definition) is 3. The second kappa shape index (κ2) is 6.18. The monoisotopic (exact) mass is 253 g/mol. The van der Waals surface area contributed by atoms with Gasteiger partial charge in [-0.15, -0.1) is 0 Å². The van der Waals surface area contributed by atoms with E-state index in [1.165, 1.54) is 0 Å². The third kappa shape index (κ3) is 3.02. The van der Waals surface area contributed by atoms with Crippen molar-refractivity contribution in [1.82, 2.24) is 15.5 Å². The molecule has 2 heterocycles. The first-order valence-electron chi connectivity index (χ1n) is 7.03. The highest BCUT2D eigenvalue weighted by atomic mass is 16.2. The van der Waals surface area contributed by atoms with Crippen LogP contribution in [0.2, 0.25) is 0 Å². The minimum atomic E-state index is -0.279. The van der Waals surface area contributed by atoms with Crippen molar-refractivity contribution in [3.05, 3.63) is 0 Å².